The van der Waals surface area contributed by atoms with Crippen LogP contribution < -0.4 is 15.0 Å². The summed E-state index contributed by atoms with van der Waals surface area (Å²) in [5, 5.41) is 3.09. The van der Waals surface area contributed by atoms with Crippen LogP contribution in [0.1, 0.15) is 28.4 Å². The molecule has 0 spiro atoms. The number of aromatic nitrogens is 1. The Morgan fingerprint density at radius 2 is 2.14 bits per heavy atom. The van der Waals surface area contributed by atoms with Gasteiger partial charge in [0.15, 0.2) is 0 Å². The molecule has 5 nitrogen and oxygen atoms in total. The number of fused-ring (bicyclic) bond motifs is 1. The van der Waals surface area contributed by atoms with E-state index in [9.17, 15) is 4.79 Å². The first-order valence-corrected chi connectivity index (χ1v) is 7.31. The lowest BCUT2D eigenvalue weighted by molar-refractivity contribution is 0.0924. The SMILES string of the molecule is CN(C)c1cc(C(=O)N[C@H]2CCOc3ccccc32)ccn1. The number of pyridine rings is 1. The van der Waals surface area contributed by atoms with Crippen LogP contribution in [0.5, 0.6) is 5.75 Å². The van der Waals surface area contributed by atoms with Gasteiger partial charge in [0.2, 0.25) is 0 Å². The summed E-state index contributed by atoms with van der Waals surface area (Å²) in [4.78, 5) is 18.6. The summed E-state index contributed by atoms with van der Waals surface area (Å²) >= 11 is 0. The van der Waals surface area contributed by atoms with E-state index < -0.39 is 0 Å². The van der Waals surface area contributed by atoms with E-state index in [4.69, 9.17) is 4.74 Å². The molecule has 0 fully saturated rings. The standard InChI is InChI=1S/C17H19N3O2/c1-20(2)16-11-12(7-9-18-16)17(21)19-14-8-10-22-15-6-4-3-5-13(14)15/h3-7,9,11,14H,8,10H2,1-2H3,(H,19,21)/t14-/m0/s1. The van der Waals surface area contributed by atoms with Crippen molar-refractivity contribution in [2.45, 2.75) is 12.5 Å². The van der Waals surface area contributed by atoms with E-state index in [1.807, 2.05) is 43.3 Å². The molecule has 1 aliphatic heterocycles. The summed E-state index contributed by atoms with van der Waals surface area (Å²) in [7, 11) is 3.80. The van der Waals surface area contributed by atoms with Crippen LogP contribution in [0.3, 0.4) is 0 Å². The molecule has 0 radical (unpaired) electrons. The number of para-hydroxylation sites is 1. The van der Waals surface area contributed by atoms with Crippen LogP contribution >= 0.6 is 0 Å². The van der Waals surface area contributed by atoms with Gasteiger partial charge < -0.3 is 15.0 Å². The van der Waals surface area contributed by atoms with Gasteiger partial charge in [-0.2, -0.15) is 0 Å². The third-order valence-electron chi connectivity index (χ3n) is 3.73. The Hall–Kier alpha value is -2.56. The van der Waals surface area contributed by atoms with Crippen molar-refractivity contribution in [2.24, 2.45) is 0 Å². The number of carbonyl (C=O) groups excluding carboxylic acids is 1. The highest BCUT2D eigenvalue weighted by Crippen LogP contribution is 2.31. The number of nitrogens with one attached hydrogen (secondary N) is 1. The first-order chi connectivity index (χ1) is 10.6. The van der Waals surface area contributed by atoms with Crippen LogP contribution in [0.2, 0.25) is 0 Å². The number of anilines is 1. The van der Waals surface area contributed by atoms with Crippen molar-refractivity contribution >= 4 is 11.7 Å². The number of nitrogens with zero attached hydrogens (tertiary/aromatic N) is 2. The molecule has 1 N–H and O–H groups in total. The maximum Gasteiger partial charge on any atom is 0.251 e. The second-order valence-electron chi connectivity index (χ2n) is 5.50. The molecule has 2 aromatic rings. The summed E-state index contributed by atoms with van der Waals surface area (Å²) in [5.41, 5.74) is 1.65. The van der Waals surface area contributed by atoms with Crippen molar-refractivity contribution in [3.8, 4) is 5.75 Å². The quantitative estimate of drug-likeness (QED) is 0.945. The van der Waals surface area contributed by atoms with E-state index in [0.29, 0.717) is 12.2 Å². The summed E-state index contributed by atoms with van der Waals surface area (Å²) in [5.74, 6) is 1.52. The maximum absolute atomic E-state index is 12.5. The molecule has 1 aliphatic rings. The Balaban J connectivity index is 1.79. The number of amides is 1. The maximum atomic E-state index is 12.5. The molecule has 1 atom stereocenters. The minimum absolute atomic E-state index is 0.0200. The zero-order valence-corrected chi connectivity index (χ0v) is 12.7. The van der Waals surface area contributed by atoms with Gasteiger partial charge in [-0.15, -0.1) is 0 Å². The lowest BCUT2D eigenvalue weighted by atomic mass is 10.0. The van der Waals surface area contributed by atoms with E-state index in [2.05, 4.69) is 10.3 Å². The van der Waals surface area contributed by atoms with Crippen LogP contribution in [0.4, 0.5) is 5.82 Å². The van der Waals surface area contributed by atoms with Crippen LogP contribution in [-0.2, 0) is 0 Å². The number of carbonyl (C=O) groups is 1. The lowest BCUT2D eigenvalue weighted by Crippen LogP contribution is -2.32. The van der Waals surface area contributed by atoms with Crippen LogP contribution in [-0.4, -0.2) is 31.6 Å². The molecular weight excluding hydrogens is 278 g/mol. The highest BCUT2D eigenvalue weighted by Gasteiger charge is 2.23. The Kier molecular flexibility index (Phi) is 3.96. The predicted molar refractivity (Wildman–Crippen MR) is 85.3 cm³/mol. The van der Waals surface area contributed by atoms with Gasteiger partial charge in [0, 0.05) is 37.8 Å². The molecule has 114 valence electrons. The van der Waals surface area contributed by atoms with Gasteiger partial charge in [-0.3, -0.25) is 4.79 Å². The van der Waals surface area contributed by atoms with Gasteiger partial charge in [0.1, 0.15) is 11.6 Å². The highest BCUT2D eigenvalue weighted by atomic mass is 16.5. The smallest absolute Gasteiger partial charge is 0.251 e. The van der Waals surface area contributed by atoms with Crippen LogP contribution in [0.15, 0.2) is 42.6 Å². The van der Waals surface area contributed by atoms with Crippen molar-refractivity contribution in [1.29, 1.82) is 0 Å². The van der Waals surface area contributed by atoms with E-state index in [1.54, 1.807) is 18.3 Å². The third-order valence-corrected chi connectivity index (χ3v) is 3.73. The predicted octanol–water partition coefficient (Wildman–Crippen LogP) is 2.40. The third kappa shape index (κ3) is 2.88. The van der Waals surface area contributed by atoms with Crippen molar-refractivity contribution in [2.75, 3.05) is 25.6 Å². The molecular formula is C17H19N3O2. The van der Waals surface area contributed by atoms with Gasteiger partial charge in [-0.1, -0.05) is 18.2 Å². The van der Waals surface area contributed by atoms with E-state index in [0.717, 1.165) is 23.6 Å². The van der Waals surface area contributed by atoms with Crippen LogP contribution in [0.25, 0.3) is 0 Å². The molecule has 3 rings (SSSR count). The minimum atomic E-state index is -0.0906. The van der Waals surface area contributed by atoms with E-state index in [1.165, 1.54) is 0 Å². The number of rotatable bonds is 3. The lowest BCUT2D eigenvalue weighted by Gasteiger charge is -2.26. The zero-order valence-electron chi connectivity index (χ0n) is 12.7. The van der Waals surface area contributed by atoms with Gasteiger partial charge in [-0.25, -0.2) is 4.98 Å². The highest BCUT2D eigenvalue weighted by molar-refractivity contribution is 5.95. The molecule has 0 bridgehead atoms. The summed E-state index contributed by atoms with van der Waals surface area (Å²) in [6.07, 6.45) is 2.43. The number of ether oxygens (including phenoxy) is 1. The molecule has 2 heterocycles. The Morgan fingerprint density at radius 1 is 1.32 bits per heavy atom. The minimum Gasteiger partial charge on any atom is -0.493 e. The fraction of sp³-hybridized carbons (Fsp3) is 0.294. The number of hydrogen-bond donors (Lipinski definition) is 1. The summed E-state index contributed by atoms with van der Waals surface area (Å²) < 4.78 is 5.62. The number of benzene rings is 1. The Labute approximate surface area is 129 Å². The number of hydrogen-bond acceptors (Lipinski definition) is 4. The fourth-order valence-electron chi connectivity index (χ4n) is 2.54. The van der Waals surface area contributed by atoms with Crippen LogP contribution in [0, 0.1) is 0 Å². The molecule has 1 aromatic carbocycles. The average molecular weight is 297 g/mol. The molecule has 0 aliphatic carbocycles. The second kappa shape index (κ2) is 6.05. The zero-order chi connectivity index (χ0) is 15.5. The molecule has 1 amide bonds. The monoisotopic (exact) mass is 297 g/mol. The summed E-state index contributed by atoms with van der Waals surface area (Å²) in [6.45, 7) is 0.612. The molecule has 1 aromatic heterocycles. The topological polar surface area (TPSA) is 54.5 Å². The Morgan fingerprint density at radius 3 is 2.95 bits per heavy atom. The molecule has 22 heavy (non-hydrogen) atoms. The first-order valence-electron chi connectivity index (χ1n) is 7.31. The molecule has 0 unspecified atom stereocenters. The largest absolute Gasteiger partial charge is 0.493 e. The second-order valence-corrected chi connectivity index (χ2v) is 5.50. The fourth-order valence-corrected chi connectivity index (χ4v) is 2.54. The molecule has 0 saturated heterocycles. The van der Waals surface area contributed by atoms with E-state index in [-0.39, 0.29) is 11.9 Å². The normalized spacial score (nSPS) is 16.4. The Bertz CT molecular complexity index is 685. The molecule has 0 saturated carbocycles. The van der Waals surface area contributed by atoms with Crippen molar-refractivity contribution in [3.05, 3.63) is 53.7 Å². The molecule has 5 heteroatoms. The van der Waals surface area contributed by atoms with Gasteiger partial charge in [0.05, 0.1) is 12.6 Å². The van der Waals surface area contributed by atoms with Crippen molar-refractivity contribution in [1.82, 2.24) is 10.3 Å². The first kappa shape index (κ1) is 14.4. The van der Waals surface area contributed by atoms with E-state index >= 15 is 0 Å². The van der Waals surface area contributed by atoms with Crippen molar-refractivity contribution < 1.29 is 9.53 Å². The van der Waals surface area contributed by atoms with Crippen molar-refractivity contribution in [3.63, 3.8) is 0 Å². The van der Waals surface area contributed by atoms with Gasteiger partial charge in [-0.05, 0) is 18.2 Å². The van der Waals surface area contributed by atoms with Gasteiger partial charge in [0.25, 0.3) is 5.91 Å². The average Bonchev–Trinajstić information content (AvgIpc) is 2.55. The summed E-state index contributed by atoms with van der Waals surface area (Å²) in [6, 6.07) is 11.3. The van der Waals surface area contributed by atoms with Gasteiger partial charge >= 0.3 is 0 Å².